The van der Waals surface area contributed by atoms with Crippen LogP contribution in [0.2, 0.25) is 0 Å². The Kier molecular flexibility index (Phi) is 5.43. The first kappa shape index (κ1) is 18.9. The Balaban J connectivity index is 1.64. The third-order valence-corrected chi connectivity index (χ3v) is 5.22. The molecule has 2 aliphatic rings. The molecule has 1 aromatic carbocycles. The molecule has 1 aromatic rings. The van der Waals surface area contributed by atoms with Gasteiger partial charge >= 0.3 is 12.1 Å². The number of hydrogen-bond acceptors (Lipinski definition) is 4. The lowest BCUT2D eigenvalue weighted by Gasteiger charge is -2.25. The van der Waals surface area contributed by atoms with Gasteiger partial charge in [-0.05, 0) is 24.8 Å². The van der Waals surface area contributed by atoms with Crippen molar-refractivity contribution in [3.05, 3.63) is 35.9 Å². The van der Waals surface area contributed by atoms with Crippen molar-refractivity contribution in [2.24, 2.45) is 0 Å². The highest BCUT2D eigenvalue weighted by atomic mass is 16.2. The van der Waals surface area contributed by atoms with Gasteiger partial charge in [0.1, 0.15) is 12.1 Å². The van der Waals surface area contributed by atoms with E-state index in [2.05, 4.69) is 16.0 Å². The lowest BCUT2D eigenvalue weighted by molar-refractivity contribution is -0.135. The molecule has 1 heterocycles. The van der Waals surface area contributed by atoms with E-state index in [0.717, 1.165) is 30.6 Å². The van der Waals surface area contributed by atoms with Crippen LogP contribution in [0, 0.1) is 0 Å². The van der Waals surface area contributed by atoms with Crippen molar-refractivity contribution in [2.75, 3.05) is 6.54 Å². The van der Waals surface area contributed by atoms with Crippen molar-refractivity contribution < 1.29 is 19.2 Å². The molecular formula is C19H24N4O4. The maximum atomic E-state index is 12.9. The summed E-state index contributed by atoms with van der Waals surface area (Å²) in [6.07, 6.45) is 4.25. The minimum absolute atomic E-state index is 0.0698. The van der Waals surface area contributed by atoms with Crippen LogP contribution in [0.25, 0.3) is 0 Å². The molecule has 0 spiro atoms. The second-order valence-electron chi connectivity index (χ2n) is 6.95. The molecule has 1 aliphatic heterocycles. The summed E-state index contributed by atoms with van der Waals surface area (Å²) in [6, 6.07) is 7.76. The van der Waals surface area contributed by atoms with Gasteiger partial charge in [-0.2, -0.15) is 0 Å². The van der Waals surface area contributed by atoms with Gasteiger partial charge in [0.05, 0.1) is 0 Å². The number of nitrogens with zero attached hydrogens (tertiary/aromatic N) is 1. The summed E-state index contributed by atoms with van der Waals surface area (Å²) < 4.78 is 0. The Bertz CT molecular complexity index is 745. The lowest BCUT2D eigenvalue weighted by atomic mass is 9.87. The van der Waals surface area contributed by atoms with Crippen LogP contribution in [0.15, 0.2) is 30.3 Å². The van der Waals surface area contributed by atoms with Gasteiger partial charge in [-0.25, -0.2) is 9.59 Å². The molecule has 3 N–H and O–H groups in total. The summed E-state index contributed by atoms with van der Waals surface area (Å²) in [4.78, 5) is 50.2. The Morgan fingerprint density at radius 2 is 1.85 bits per heavy atom. The molecule has 3 rings (SSSR count). The monoisotopic (exact) mass is 372 g/mol. The molecule has 0 bridgehead atoms. The minimum Gasteiger partial charge on any atom is -0.335 e. The average Bonchev–Trinajstić information content (AvgIpc) is 3.24. The van der Waals surface area contributed by atoms with Crippen LogP contribution >= 0.6 is 0 Å². The van der Waals surface area contributed by atoms with Crippen LogP contribution < -0.4 is 16.0 Å². The fourth-order valence-corrected chi connectivity index (χ4v) is 3.73. The first-order chi connectivity index (χ1) is 13.0. The molecule has 1 atom stereocenters. The van der Waals surface area contributed by atoms with Gasteiger partial charge < -0.3 is 10.6 Å². The predicted octanol–water partition coefficient (Wildman–Crippen LogP) is 1.61. The average molecular weight is 372 g/mol. The number of hydrogen-bond donors (Lipinski definition) is 3. The van der Waals surface area contributed by atoms with Crippen molar-refractivity contribution in [3.8, 4) is 0 Å². The Morgan fingerprint density at radius 1 is 1.19 bits per heavy atom. The van der Waals surface area contributed by atoms with Gasteiger partial charge in [0.15, 0.2) is 0 Å². The van der Waals surface area contributed by atoms with E-state index in [0.29, 0.717) is 12.0 Å². The number of amides is 6. The van der Waals surface area contributed by atoms with Crippen LogP contribution in [0.5, 0.6) is 0 Å². The van der Waals surface area contributed by atoms with Crippen molar-refractivity contribution in [1.82, 2.24) is 20.9 Å². The van der Waals surface area contributed by atoms with Crippen LogP contribution in [-0.2, 0) is 15.1 Å². The molecule has 8 heteroatoms. The normalized spacial score (nSPS) is 22.6. The summed E-state index contributed by atoms with van der Waals surface area (Å²) >= 11 is 0. The lowest BCUT2D eigenvalue weighted by Crippen LogP contribution is -2.48. The third-order valence-electron chi connectivity index (χ3n) is 5.22. The topological polar surface area (TPSA) is 108 Å². The molecule has 1 aliphatic carbocycles. The fraction of sp³-hybridized carbons (Fsp3) is 0.474. The van der Waals surface area contributed by atoms with Gasteiger partial charge in [0.25, 0.3) is 5.91 Å². The number of urea groups is 2. The molecule has 2 fully saturated rings. The van der Waals surface area contributed by atoms with Gasteiger partial charge in [-0.3, -0.25) is 19.8 Å². The molecule has 0 aromatic heterocycles. The van der Waals surface area contributed by atoms with Crippen molar-refractivity contribution >= 4 is 23.9 Å². The molecule has 0 unspecified atom stereocenters. The Labute approximate surface area is 157 Å². The number of carbonyl (C=O) groups is 4. The number of nitrogens with one attached hydrogen (secondary N) is 3. The van der Waals surface area contributed by atoms with E-state index in [1.54, 1.807) is 31.2 Å². The molecule has 27 heavy (non-hydrogen) atoms. The fourth-order valence-electron chi connectivity index (χ4n) is 3.73. The van der Waals surface area contributed by atoms with Gasteiger partial charge in [-0.1, -0.05) is 50.1 Å². The van der Waals surface area contributed by atoms with Crippen LogP contribution in [-0.4, -0.2) is 41.4 Å². The highest BCUT2D eigenvalue weighted by Gasteiger charge is 2.51. The maximum Gasteiger partial charge on any atom is 0.325 e. The van der Waals surface area contributed by atoms with Gasteiger partial charge in [0, 0.05) is 6.04 Å². The number of rotatable bonds is 5. The SMILES string of the molecule is CC[C@@]1(c2ccccc2)NC(=O)N(CC(=O)NC(=O)NC2CCCC2)C1=O. The summed E-state index contributed by atoms with van der Waals surface area (Å²) in [7, 11) is 0. The van der Waals surface area contributed by atoms with E-state index >= 15 is 0 Å². The standard InChI is InChI=1S/C19H24N4O4/c1-2-19(13-8-4-3-5-9-13)16(25)23(18(27)22-19)12-15(24)21-17(26)20-14-10-6-7-11-14/h3-5,8-9,14H,2,6-7,10-12H2,1H3,(H,22,27)(H2,20,21,24,26)/t19-/m0/s1. The Morgan fingerprint density at radius 3 is 2.48 bits per heavy atom. The molecule has 0 radical (unpaired) electrons. The third kappa shape index (κ3) is 3.79. The summed E-state index contributed by atoms with van der Waals surface area (Å²) in [5, 5.41) is 7.64. The summed E-state index contributed by atoms with van der Waals surface area (Å²) in [5.41, 5.74) is -0.530. The smallest absolute Gasteiger partial charge is 0.325 e. The van der Waals surface area contributed by atoms with Gasteiger partial charge in [-0.15, -0.1) is 0 Å². The van der Waals surface area contributed by atoms with E-state index in [9.17, 15) is 19.2 Å². The Hall–Kier alpha value is -2.90. The largest absolute Gasteiger partial charge is 0.335 e. The van der Waals surface area contributed by atoms with Crippen LogP contribution in [0.3, 0.4) is 0 Å². The first-order valence-electron chi connectivity index (χ1n) is 9.26. The van der Waals surface area contributed by atoms with Gasteiger partial charge in [0.2, 0.25) is 5.91 Å². The quantitative estimate of drug-likeness (QED) is 0.683. The minimum atomic E-state index is -1.19. The highest BCUT2D eigenvalue weighted by molar-refractivity contribution is 6.10. The second kappa shape index (κ2) is 7.77. The summed E-state index contributed by atoms with van der Waals surface area (Å²) in [5.74, 6) is -1.19. The van der Waals surface area contributed by atoms with E-state index in [1.807, 2.05) is 6.07 Å². The zero-order valence-corrected chi connectivity index (χ0v) is 15.3. The van der Waals surface area contributed by atoms with Crippen LogP contribution in [0.4, 0.5) is 9.59 Å². The van der Waals surface area contributed by atoms with E-state index in [-0.39, 0.29) is 6.04 Å². The van der Waals surface area contributed by atoms with Crippen LogP contribution in [0.1, 0.15) is 44.6 Å². The molecular weight excluding hydrogens is 348 g/mol. The zero-order valence-electron chi connectivity index (χ0n) is 15.3. The van der Waals surface area contributed by atoms with Crippen molar-refractivity contribution in [2.45, 2.75) is 50.6 Å². The van der Waals surface area contributed by atoms with Crippen molar-refractivity contribution in [1.29, 1.82) is 0 Å². The number of benzene rings is 1. The first-order valence-corrected chi connectivity index (χ1v) is 9.26. The van der Waals surface area contributed by atoms with Crippen molar-refractivity contribution in [3.63, 3.8) is 0 Å². The predicted molar refractivity (Wildman–Crippen MR) is 97.6 cm³/mol. The van der Waals surface area contributed by atoms with E-state index < -0.39 is 36.0 Å². The maximum absolute atomic E-state index is 12.9. The summed E-state index contributed by atoms with van der Waals surface area (Å²) in [6.45, 7) is 1.29. The zero-order chi connectivity index (χ0) is 19.4. The number of imide groups is 2. The molecule has 1 saturated heterocycles. The molecule has 8 nitrogen and oxygen atoms in total. The van der Waals surface area contributed by atoms with E-state index in [4.69, 9.17) is 0 Å². The molecule has 6 amide bonds. The van der Waals surface area contributed by atoms with E-state index in [1.165, 1.54) is 0 Å². The highest BCUT2D eigenvalue weighted by Crippen LogP contribution is 2.32. The molecule has 144 valence electrons. The second-order valence-corrected chi connectivity index (χ2v) is 6.95. The molecule has 1 saturated carbocycles. The number of carbonyl (C=O) groups excluding carboxylic acids is 4.